The number of methoxy groups -OCH3 is 1. The standard InChI is InChI=1S/C16H14F3N3O2/c1-23-13-4-2-3-5-14(13)24-9-8-22-12-6-7-20-10-11(12)15(21-22)16(17,18)19/h2-7,10H,8-9H2,1H3. The predicted octanol–water partition coefficient (Wildman–Crippen LogP) is 3.54. The SMILES string of the molecule is COc1ccccc1OCCn1nc(C(F)(F)F)c2cnccc21. The summed E-state index contributed by atoms with van der Waals surface area (Å²) in [5.41, 5.74) is -0.580. The lowest BCUT2D eigenvalue weighted by Crippen LogP contribution is -2.12. The van der Waals surface area contributed by atoms with Gasteiger partial charge in [-0.15, -0.1) is 0 Å². The molecule has 0 atom stereocenters. The molecule has 2 heterocycles. The number of hydrogen-bond acceptors (Lipinski definition) is 4. The summed E-state index contributed by atoms with van der Waals surface area (Å²) in [6, 6.07) is 8.56. The third-order valence-electron chi connectivity index (χ3n) is 3.45. The van der Waals surface area contributed by atoms with Gasteiger partial charge >= 0.3 is 6.18 Å². The number of benzene rings is 1. The lowest BCUT2D eigenvalue weighted by Gasteiger charge is -2.10. The highest BCUT2D eigenvalue weighted by atomic mass is 19.4. The maximum atomic E-state index is 13.1. The van der Waals surface area contributed by atoms with E-state index >= 15 is 0 Å². The van der Waals surface area contributed by atoms with Crippen molar-refractivity contribution in [2.24, 2.45) is 0 Å². The maximum absolute atomic E-state index is 13.1. The molecule has 3 aromatic rings. The van der Waals surface area contributed by atoms with Gasteiger partial charge in [-0.05, 0) is 18.2 Å². The number of nitrogens with zero attached hydrogens (tertiary/aromatic N) is 3. The molecule has 8 heteroatoms. The molecule has 0 aliphatic heterocycles. The fourth-order valence-electron chi connectivity index (χ4n) is 2.38. The van der Waals surface area contributed by atoms with Crippen LogP contribution < -0.4 is 9.47 Å². The zero-order valence-corrected chi connectivity index (χ0v) is 12.7. The topological polar surface area (TPSA) is 49.2 Å². The molecule has 0 aliphatic carbocycles. The molecule has 3 rings (SSSR count). The van der Waals surface area contributed by atoms with E-state index in [0.29, 0.717) is 17.0 Å². The average Bonchev–Trinajstić information content (AvgIpc) is 2.95. The molecule has 0 spiro atoms. The normalized spacial score (nSPS) is 11.7. The molecule has 0 unspecified atom stereocenters. The second kappa shape index (κ2) is 6.38. The Bertz CT molecular complexity index is 846. The van der Waals surface area contributed by atoms with E-state index in [1.54, 1.807) is 24.3 Å². The van der Waals surface area contributed by atoms with Crippen LogP contribution in [-0.4, -0.2) is 28.5 Å². The molecule has 0 amide bonds. The van der Waals surface area contributed by atoms with Gasteiger partial charge in [0, 0.05) is 12.4 Å². The van der Waals surface area contributed by atoms with Crippen LogP contribution in [0, 0.1) is 0 Å². The molecule has 0 bridgehead atoms. The highest BCUT2D eigenvalue weighted by Crippen LogP contribution is 2.33. The van der Waals surface area contributed by atoms with Gasteiger partial charge in [-0.3, -0.25) is 9.67 Å². The molecular weight excluding hydrogens is 323 g/mol. The fourth-order valence-corrected chi connectivity index (χ4v) is 2.38. The third-order valence-corrected chi connectivity index (χ3v) is 3.45. The Morgan fingerprint density at radius 2 is 1.88 bits per heavy atom. The fraction of sp³-hybridized carbons (Fsp3) is 0.250. The van der Waals surface area contributed by atoms with Crippen LogP contribution in [0.3, 0.4) is 0 Å². The lowest BCUT2D eigenvalue weighted by atomic mass is 10.2. The number of para-hydroxylation sites is 2. The van der Waals surface area contributed by atoms with Gasteiger partial charge in [-0.2, -0.15) is 18.3 Å². The average molecular weight is 337 g/mol. The van der Waals surface area contributed by atoms with Gasteiger partial charge in [0.15, 0.2) is 17.2 Å². The summed E-state index contributed by atoms with van der Waals surface area (Å²) in [6.45, 7) is 0.311. The zero-order chi connectivity index (χ0) is 17.2. The van der Waals surface area contributed by atoms with Crippen molar-refractivity contribution in [1.29, 1.82) is 0 Å². The number of fused-ring (bicyclic) bond motifs is 1. The van der Waals surface area contributed by atoms with E-state index < -0.39 is 11.9 Å². The zero-order valence-electron chi connectivity index (χ0n) is 12.7. The Kier molecular flexibility index (Phi) is 4.28. The molecule has 0 aliphatic rings. The van der Waals surface area contributed by atoms with Crippen molar-refractivity contribution in [3.8, 4) is 11.5 Å². The highest BCUT2D eigenvalue weighted by molar-refractivity contribution is 5.81. The van der Waals surface area contributed by atoms with E-state index in [9.17, 15) is 13.2 Å². The summed E-state index contributed by atoms with van der Waals surface area (Å²) < 4.78 is 51.2. The van der Waals surface area contributed by atoms with Crippen LogP contribution in [0.2, 0.25) is 0 Å². The number of ether oxygens (including phenoxy) is 2. The Hall–Kier alpha value is -2.77. The van der Waals surface area contributed by atoms with Crippen LogP contribution in [0.4, 0.5) is 13.2 Å². The van der Waals surface area contributed by atoms with Gasteiger partial charge in [0.2, 0.25) is 0 Å². The van der Waals surface area contributed by atoms with E-state index in [1.807, 2.05) is 0 Å². The van der Waals surface area contributed by atoms with Gasteiger partial charge in [-0.1, -0.05) is 12.1 Å². The van der Waals surface area contributed by atoms with Crippen molar-refractivity contribution >= 4 is 10.9 Å². The van der Waals surface area contributed by atoms with Crippen LogP contribution in [0.1, 0.15) is 5.69 Å². The van der Waals surface area contributed by atoms with Crippen molar-refractivity contribution in [1.82, 2.24) is 14.8 Å². The van der Waals surface area contributed by atoms with Crippen molar-refractivity contribution in [3.05, 3.63) is 48.4 Å². The number of pyridine rings is 1. The largest absolute Gasteiger partial charge is 0.493 e. The van der Waals surface area contributed by atoms with E-state index in [0.717, 1.165) is 0 Å². The Balaban J connectivity index is 1.81. The van der Waals surface area contributed by atoms with Gasteiger partial charge in [0.25, 0.3) is 0 Å². The summed E-state index contributed by atoms with van der Waals surface area (Å²) in [7, 11) is 1.52. The third kappa shape index (κ3) is 3.12. The van der Waals surface area contributed by atoms with E-state index in [2.05, 4.69) is 10.1 Å². The maximum Gasteiger partial charge on any atom is 0.435 e. The first-order chi connectivity index (χ1) is 11.5. The lowest BCUT2D eigenvalue weighted by molar-refractivity contribution is -0.140. The monoisotopic (exact) mass is 337 g/mol. The Morgan fingerprint density at radius 1 is 1.12 bits per heavy atom. The molecular formula is C16H14F3N3O2. The highest BCUT2D eigenvalue weighted by Gasteiger charge is 2.36. The van der Waals surface area contributed by atoms with Crippen molar-refractivity contribution in [2.45, 2.75) is 12.7 Å². The Labute approximate surface area is 135 Å². The summed E-state index contributed by atoms with van der Waals surface area (Å²) in [6.07, 6.45) is -1.93. The van der Waals surface area contributed by atoms with E-state index in [4.69, 9.17) is 9.47 Å². The quantitative estimate of drug-likeness (QED) is 0.715. The van der Waals surface area contributed by atoms with Gasteiger partial charge in [-0.25, -0.2) is 0 Å². The number of rotatable bonds is 5. The summed E-state index contributed by atoms with van der Waals surface area (Å²) >= 11 is 0. The van der Waals surface area contributed by atoms with E-state index in [1.165, 1.54) is 30.3 Å². The van der Waals surface area contributed by atoms with Gasteiger partial charge < -0.3 is 9.47 Å². The Morgan fingerprint density at radius 3 is 2.58 bits per heavy atom. The van der Waals surface area contributed by atoms with E-state index in [-0.39, 0.29) is 18.5 Å². The molecule has 5 nitrogen and oxygen atoms in total. The van der Waals surface area contributed by atoms with Crippen LogP contribution in [0.15, 0.2) is 42.7 Å². The minimum absolute atomic E-state index is 0.0257. The van der Waals surface area contributed by atoms with Crippen LogP contribution in [0.5, 0.6) is 11.5 Å². The van der Waals surface area contributed by atoms with Crippen LogP contribution in [-0.2, 0) is 12.7 Å². The minimum Gasteiger partial charge on any atom is -0.493 e. The number of hydrogen-bond donors (Lipinski definition) is 0. The molecule has 24 heavy (non-hydrogen) atoms. The number of halogens is 3. The predicted molar refractivity (Wildman–Crippen MR) is 81.0 cm³/mol. The molecule has 126 valence electrons. The summed E-state index contributed by atoms with van der Waals surface area (Å²) in [5.74, 6) is 1.08. The van der Waals surface area contributed by atoms with Crippen molar-refractivity contribution < 1.29 is 22.6 Å². The first kappa shape index (κ1) is 16.1. The molecule has 1 aromatic carbocycles. The van der Waals surface area contributed by atoms with Crippen molar-refractivity contribution in [3.63, 3.8) is 0 Å². The molecule has 0 saturated heterocycles. The van der Waals surface area contributed by atoms with Crippen LogP contribution >= 0.6 is 0 Å². The van der Waals surface area contributed by atoms with Gasteiger partial charge in [0.1, 0.15) is 6.61 Å². The molecule has 0 fully saturated rings. The smallest absolute Gasteiger partial charge is 0.435 e. The first-order valence-corrected chi connectivity index (χ1v) is 7.14. The molecule has 0 radical (unpaired) electrons. The first-order valence-electron chi connectivity index (χ1n) is 7.14. The molecule has 0 saturated carbocycles. The van der Waals surface area contributed by atoms with Gasteiger partial charge in [0.05, 0.1) is 24.6 Å². The summed E-state index contributed by atoms with van der Waals surface area (Å²) in [5, 5.41) is 3.65. The second-order valence-corrected chi connectivity index (χ2v) is 4.96. The summed E-state index contributed by atoms with van der Waals surface area (Å²) in [4.78, 5) is 3.75. The number of aromatic nitrogens is 3. The van der Waals surface area contributed by atoms with Crippen molar-refractivity contribution in [2.75, 3.05) is 13.7 Å². The second-order valence-electron chi connectivity index (χ2n) is 4.96. The minimum atomic E-state index is -4.53. The van der Waals surface area contributed by atoms with Crippen LogP contribution in [0.25, 0.3) is 10.9 Å². The molecule has 0 N–H and O–H groups in total. The number of alkyl halides is 3. The molecule has 2 aromatic heterocycles.